The van der Waals surface area contributed by atoms with Crippen molar-refractivity contribution in [2.75, 3.05) is 12.9 Å². The minimum atomic E-state index is 0.117. The number of aryl methyl sites for hydroxylation is 3. The third kappa shape index (κ3) is 4.42. The van der Waals surface area contributed by atoms with Crippen molar-refractivity contribution >= 4 is 17.5 Å². The SMILES string of the molecule is COc1ccc(CCn2c(C)cc(C(=O)CSc3nncn3C)c2C)cc1. The highest BCUT2D eigenvalue weighted by Gasteiger charge is 2.17. The van der Waals surface area contributed by atoms with Crippen LogP contribution in [0.1, 0.15) is 27.3 Å². The molecule has 3 aromatic rings. The van der Waals surface area contributed by atoms with E-state index in [0.717, 1.165) is 40.8 Å². The lowest BCUT2D eigenvalue weighted by Gasteiger charge is -2.10. The fraction of sp³-hybridized carbons (Fsp3) is 0.350. The maximum absolute atomic E-state index is 12.7. The standard InChI is InChI=1S/C20H24N4O2S/c1-14-11-18(19(25)12-27-20-22-21-13-23(20)3)15(2)24(14)10-9-16-5-7-17(26-4)8-6-16/h5-8,11,13H,9-10,12H2,1-4H3. The Morgan fingerprint density at radius 3 is 2.59 bits per heavy atom. The Kier molecular flexibility index (Phi) is 6.01. The first-order valence-electron chi connectivity index (χ1n) is 8.79. The molecule has 0 atom stereocenters. The van der Waals surface area contributed by atoms with Crippen LogP contribution in [0.15, 0.2) is 41.8 Å². The van der Waals surface area contributed by atoms with Gasteiger partial charge >= 0.3 is 0 Å². The molecule has 0 aliphatic heterocycles. The molecule has 3 rings (SSSR count). The smallest absolute Gasteiger partial charge is 0.191 e. The molecule has 7 heteroatoms. The van der Waals surface area contributed by atoms with Crippen molar-refractivity contribution < 1.29 is 9.53 Å². The summed E-state index contributed by atoms with van der Waals surface area (Å²) in [5, 5.41) is 8.60. The molecule has 0 bridgehead atoms. The summed E-state index contributed by atoms with van der Waals surface area (Å²) in [4.78, 5) is 12.7. The number of methoxy groups -OCH3 is 1. The molecule has 0 saturated heterocycles. The van der Waals surface area contributed by atoms with E-state index >= 15 is 0 Å². The monoisotopic (exact) mass is 384 g/mol. The van der Waals surface area contributed by atoms with Crippen LogP contribution >= 0.6 is 11.8 Å². The average Bonchev–Trinajstić information content (AvgIpc) is 3.21. The maximum Gasteiger partial charge on any atom is 0.191 e. The Balaban J connectivity index is 1.66. The first kappa shape index (κ1) is 19.2. The average molecular weight is 385 g/mol. The lowest BCUT2D eigenvalue weighted by atomic mass is 10.1. The van der Waals surface area contributed by atoms with E-state index in [0.29, 0.717) is 5.75 Å². The highest BCUT2D eigenvalue weighted by molar-refractivity contribution is 7.99. The molecule has 0 saturated carbocycles. The van der Waals surface area contributed by atoms with Crippen LogP contribution in [0.5, 0.6) is 5.75 Å². The van der Waals surface area contributed by atoms with Crippen molar-refractivity contribution in [3.05, 3.63) is 59.2 Å². The van der Waals surface area contributed by atoms with E-state index in [-0.39, 0.29) is 5.78 Å². The Hall–Kier alpha value is -2.54. The largest absolute Gasteiger partial charge is 0.497 e. The number of carbonyl (C=O) groups excluding carboxylic acids is 1. The molecule has 0 amide bonds. The van der Waals surface area contributed by atoms with E-state index in [1.54, 1.807) is 13.4 Å². The highest BCUT2D eigenvalue weighted by Crippen LogP contribution is 2.21. The topological polar surface area (TPSA) is 61.9 Å². The van der Waals surface area contributed by atoms with Gasteiger partial charge in [0.15, 0.2) is 10.9 Å². The first-order chi connectivity index (χ1) is 13.0. The Morgan fingerprint density at radius 2 is 1.96 bits per heavy atom. The van der Waals surface area contributed by atoms with Crippen LogP contribution in [0.25, 0.3) is 0 Å². The van der Waals surface area contributed by atoms with E-state index < -0.39 is 0 Å². The number of rotatable bonds is 8. The summed E-state index contributed by atoms with van der Waals surface area (Å²) in [6.07, 6.45) is 2.54. The fourth-order valence-electron chi connectivity index (χ4n) is 3.07. The summed E-state index contributed by atoms with van der Waals surface area (Å²) in [7, 11) is 3.54. The molecule has 0 unspecified atom stereocenters. The van der Waals surface area contributed by atoms with E-state index in [1.807, 2.05) is 43.7 Å². The van der Waals surface area contributed by atoms with Gasteiger partial charge in [0.05, 0.1) is 12.9 Å². The molecular weight excluding hydrogens is 360 g/mol. The van der Waals surface area contributed by atoms with Gasteiger partial charge < -0.3 is 13.9 Å². The van der Waals surface area contributed by atoms with Gasteiger partial charge in [-0.3, -0.25) is 4.79 Å². The van der Waals surface area contributed by atoms with Crippen LogP contribution in [-0.4, -0.2) is 38.0 Å². The van der Waals surface area contributed by atoms with Gasteiger partial charge in [-0.25, -0.2) is 0 Å². The second-order valence-electron chi connectivity index (χ2n) is 6.47. The maximum atomic E-state index is 12.7. The normalized spacial score (nSPS) is 11.0. The summed E-state index contributed by atoms with van der Waals surface area (Å²) in [5.74, 6) is 1.34. The van der Waals surface area contributed by atoms with Crippen LogP contribution in [0.4, 0.5) is 0 Å². The third-order valence-electron chi connectivity index (χ3n) is 4.66. The summed E-state index contributed by atoms with van der Waals surface area (Å²) in [6, 6.07) is 10.1. The Morgan fingerprint density at radius 1 is 1.22 bits per heavy atom. The predicted octanol–water partition coefficient (Wildman–Crippen LogP) is 3.46. The molecule has 1 aromatic carbocycles. The van der Waals surface area contributed by atoms with Crippen molar-refractivity contribution in [3.63, 3.8) is 0 Å². The number of ether oxygens (including phenoxy) is 1. The number of ketones is 1. The molecule has 2 heterocycles. The lowest BCUT2D eigenvalue weighted by Crippen LogP contribution is -2.08. The molecule has 6 nitrogen and oxygen atoms in total. The molecule has 2 aromatic heterocycles. The zero-order valence-corrected chi connectivity index (χ0v) is 16.9. The molecule has 0 spiro atoms. The predicted molar refractivity (Wildman–Crippen MR) is 107 cm³/mol. The molecule has 0 fully saturated rings. The van der Waals surface area contributed by atoms with Gasteiger partial charge in [-0.15, -0.1) is 10.2 Å². The number of carbonyl (C=O) groups is 1. The molecule has 0 radical (unpaired) electrons. The first-order valence-corrected chi connectivity index (χ1v) is 9.77. The summed E-state index contributed by atoms with van der Waals surface area (Å²) in [6.45, 7) is 4.91. The molecular formula is C20H24N4O2S. The van der Waals surface area contributed by atoms with Gasteiger partial charge in [-0.2, -0.15) is 0 Å². The molecule has 27 heavy (non-hydrogen) atoms. The van der Waals surface area contributed by atoms with E-state index in [2.05, 4.69) is 26.9 Å². The number of nitrogens with zero attached hydrogens (tertiary/aromatic N) is 4. The van der Waals surface area contributed by atoms with Crippen molar-refractivity contribution in [1.29, 1.82) is 0 Å². The molecule has 0 aliphatic rings. The van der Waals surface area contributed by atoms with Gasteiger partial charge in [-0.05, 0) is 44.0 Å². The minimum absolute atomic E-state index is 0.117. The zero-order chi connectivity index (χ0) is 19.4. The van der Waals surface area contributed by atoms with Gasteiger partial charge in [-0.1, -0.05) is 23.9 Å². The number of Topliss-reactive ketones (excluding diaryl/α,β-unsaturated/α-hetero) is 1. The van der Waals surface area contributed by atoms with Crippen LogP contribution in [0.2, 0.25) is 0 Å². The zero-order valence-electron chi connectivity index (χ0n) is 16.1. The van der Waals surface area contributed by atoms with E-state index in [1.165, 1.54) is 17.3 Å². The fourth-order valence-corrected chi connectivity index (χ4v) is 3.84. The number of thioether (sulfide) groups is 1. The minimum Gasteiger partial charge on any atom is -0.497 e. The number of hydrogen-bond acceptors (Lipinski definition) is 5. The summed E-state index contributed by atoms with van der Waals surface area (Å²) >= 11 is 1.41. The van der Waals surface area contributed by atoms with Crippen LogP contribution in [0, 0.1) is 13.8 Å². The Labute approximate surface area is 163 Å². The van der Waals surface area contributed by atoms with Crippen molar-refractivity contribution in [3.8, 4) is 5.75 Å². The lowest BCUT2D eigenvalue weighted by molar-refractivity contribution is 0.102. The summed E-state index contributed by atoms with van der Waals surface area (Å²) in [5.41, 5.74) is 4.16. The second-order valence-corrected chi connectivity index (χ2v) is 7.41. The highest BCUT2D eigenvalue weighted by atomic mass is 32.2. The van der Waals surface area contributed by atoms with Crippen LogP contribution < -0.4 is 4.74 Å². The van der Waals surface area contributed by atoms with Gasteiger partial charge in [0.2, 0.25) is 0 Å². The second kappa shape index (κ2) is 8.43. The van der Waals surface area contributed by atoms with Gasteiger partial charge in [0.25, 0.3) is 0 Å². The Bertz CT molecular complexity index is 928. The van der Waals surface area contributed by atoms with E-state index in [4.69, 9.17) is 4.74 Å². The van der Waals surface area contributed by atoms with Crippen molar-refractivity contribution in [2.24, 2.45) is 7.05 Å². The van der Waals surface area contributed by atoms with E-state index in [9.17, 15) is 4.79 Å². The number of hydrogen-bond donors (Lipinski definition) is 0. The third-order valence-corrected chi connectivity index (χ3v) is 5.69. The molecule has 0 aliphatic carbocycles. The van der Waals surface area contributed by atoms with Gasteiger partial charge in [0.1, 0.15) is 12.1 Å². The van der Waals surface area contributed by atoms with Gasteiger partial charge in [0, 0.05) is 30.5 Å². The summed E-state index contributed by atoms with van der Waals surface area (Å²) < 4.78 is 9.23. The number of benzene rings is 1. The molecule has 142 valence electrons. The quantitative estimate of drug-likeness (QED) is 0.440. The molecule has 0 N–H and O–H groups in total. The van der Waals surface area contributed by atoms with Crippen LogP contribution in [0.3, 0.4) is 0 Å². The van der Waals surface area contributed by atoms with Crippen LogP contribution in [-0.2, 0) is 20.0 Å². The van der Waals surface area contributed by atoms with Crippen molar-refractivity contribution in [2.45, 2.75) is 32.0 Å². The number of aromatic nitrogens is 4. The van der Waals surface area contributed by atoms with Crippen molar-refractivity contribution in [1.82, 2.24) is 19.3 Å².